The first-order valence-electron chi connectivity index (χ1n) is 8.74. The van der Waals surface area contributed by atoms with Crippen molar-refractivity contribution in [1.82, 2.24) is 10.2 Å². The van der Waals surface area contributed by atoms with Crippen LogP contribution in [0.25, 0.3) is 0 Å². The van der Waals surface area contributed by atoms with Gasteiger partial charge in [0.2, 0.25) is 0 Å². The summed E-state index contributed by atoms with van der Waals surface area (Å²) in [5, 5.41) is 2.96. The van der Waals surface area contributed by atoms with Gasteiger partial charge in [0.05, 0.1) is 0 Å². The molecule has 128 valence electrons. The van der Waals surface area contributed by atoms with Gasteiger partial charge in [0.15, 0.2) is 6.23 Å². The molecular weight excluding hydrogens is 288 g/mol. The summed E-state index contributed by atoms with van der Waals surface area (Å²) >= 11 is 0. The fraction of sp³-hybridized carbons (Fsp3) is 0.632. The highest BCUT2D eigenvalue weighted by Gasteiger charge is 2.29. The molecule has 0 aromatic heterocycles. The van der Waals surface area contributed by atoms with Gasteiger partial charge in [-0.05, 0) is 63.6 Å². The molecule has 1 saturated heterocycles. The van der Waals surface area contributed by atoms with Crippen LogP contribution in [0.3, 0.4) is 0 Å². The smallest absolute Gasteiger partial charge is 0.320 e. The summed E-state index contributed by atoms with van der Waals surface area (Å²) in [6, 6.07) is 8.62. The first-order chi connectivity index (χ1) is 10.9. The van der Waals surface area contributed by atoms with Gasteiger partial charge in [-0.25, -0.2) is 4.79 Å². The van der Waals surface area contributed by atoms with E-state index in [1.54, 1.807) is 0 Å². The van der Waals surface area contributed by atoms with E-state index >= 15 is 0 Å². The van der Waals surface area contributed by atoms with Crippen molar-refractivity contribution in [2.45, 2.75) is 78.1 Å². The van der Waals surface area contributed by atoms with Crippen LogP contribution in [-0.4, -0.2) is 29.2 Å². The third-order valence-electron chi connectivity index (χ3n) is 4.61. The van der Waals surface area contributed by atoms with Gasteiger partial charge >= 0.3 is 6.03 Å². The van der Waals surface area contributed by atoms with Gasteiger partial charge in [-0.3, -0.25) is 0 Å². The second kappa shape index (κ2) is 7.71. The molecule has 0 aliphatic carbocycles. The van der Waals surface area contributed by atoms with Crippen LogP contribution in [0, 0.1) is 0 Å². The molecule has 1 N–H and O–H groups in total. The molecule has 0 radical (unpaired) electrons. The average Bonchev–Trinajstić information content (AvgIpc) is 2.47. The number of nitrogens with one attached hydrogen (secondary N) is 1. The highest BCUT2D eigenvalue weighted by atomic mass is 16.5. The van der Waals surface area contributed by atoms with Gasteiger partial charge in [-0.1, -0.05) is 26.0 Å². The van der Waals surface area contributed by atoms with Gasteiger partial charge in [-0.2, -0.15) is 0 Å². The molecule has 0 saturated carbocycles. The third kappa shape index (κ3) is 4.63. The van der Waals surface area contributed by atoms with Crippen molar-refractivity contribution in [1.29, 1.82) is 0 Å². The summed E-state index contributed by atoms with van der Waals surface area (Å²) in [5.41, 5.74) is 1.28. The number of nitrogens with zero attached hydrogens (tertiary/aromatic N) is 1. The maximum absolute atomic E-state index is 12.5. The first kappa shape index (κ1) is 17.6. The second-order valence-corrected chi connectivity index (χ2v) is 6.97. The topological polar surface area (TPSA) is 41.6 Å². The number of hydrogen-bond acceptors (Lipinski definition) is 2. The number of benzene rings is 1. The van der Waals surface area contributed by atoms with Crippen LogP contribution in [0.5, 0.6) is 5.75 Å². The number of ether oxygens (including phenoxy) is 1. The Hall–Kier alpha value is -1.71. The van der Waals surface area contributed by atoms with E-state index in [4.69, 9.17) is 4.74 Å². The Morgan fingerprint density at radius 3 is 2.22 bits per heavy atom. The summed E-state index contributed by atoms with van der Waals surface area (Å²) < 4.78 is 5.82. The van der Waals surface area contributed by atoms with Crippen LogP contribution >= 0.6 is 0 Å². The van der Waals surface area contributed by atoms with Crippen LogP contribution in [-0.2, 0) is 0 Å². The zero-order valence-corrected chi connectivity index (χ0v) is 15.0. The SMILES string of the molecule is CC(NC(=O)N1C(C)CCCC1C)Oc1ccc(C(C)C)cc1. The quantitative estimate of drug-likeness (QED) is 0.830. The van der Waals surface area contributed by atoms with Crippen LogP contribution in [0.2, 0.25) is 0 Å². The van der Waals surface area contributed by atoms with Gasteiger partial charge in [-0.15, -0.1) is 0 Å². The van der Waals surface area contributed by atoms with E-state index in [1.807, 2.05) is 24.0 Å². The Morgan fingerprint density at radius 2 is 1.70 bits per heavy atom. The molecule has 23 heavy (non-hydrogen) atoms. The molecule has 3 unspecified atom stereocenters. The van der Waals surface area contributed by atoms with E-state index in [2.05, 4.69) is 45.1 Å². The summed E-state index contributed by atoms with van der Waals surface area (Å²) in [5.74, 6) is 1.28. The van der Waals surface area contributed by atoms with Crippen molar-refractivity contribution in [2.75, 3.05) is 0 Å². The number of likely N-dealkylation sites (tertiary alicyclic amines) is 1. The molecule has 3 atom stereocenters. The van der Waals surface area contributed by atoms with Crippen molar-refractivity contribution in [2.24, 2.45) is 0 Å². The van der Waals surface area contributed by atoms with E-state index in [0.717, 1.165) is 18.6 Å². The molecule has 4 heteroatoms. The van der Waals surface area contributed by atoms with Crippen LogP contribution in [0.15, 0.2) is 24.3 Å². The Bertz CT molecular complexity index is 503. The zero-order chi connectivity index (χ0) is 17.0. The highest BCUT2D eigenvalue weighted by molar-refractivity contribution is 5.75. The van der Waals surface area contributed by atoms with Crippen molar-refractivity contribution in [3.8, 4) is 5.75 Å². The number of carbonyl (C=O) groups excluding carboxylic acids is 1. The number of piperidine rings is 1. The van der Waals surface area contributed by atoms with Crippen LogP contribution < -0.4 is 10.1 Å². The van der Waals surface area contributed by atoms with E-state index in [9.17, 15) is 4.79 Å². The average molecular weight is 318 g/mol. The minimum absolute atomic E-state index is 0.0315. The Balaban J connectivity index is 1.90. The van der Waals surface area contributed by atoms with Crippen molar-refractivity contribution in [3.63, 3.8) is 0 Å². The highest BCUT2D eigenvalue weighted by Crippen LogP contribution is 2.23. The summed E-state index contributed by atoms with van der Waals surface area (Å²) in [4.78, 5) is 14.4. The van der Waals surface area contributed by atoms with Gasteiger partial charge < -0.3 is 15.0 Å². The summed E-state index contributed by atoms with van der Waals surface area (Å²) in [6.07, 6.45) is 2.99. The molecule has 1 fully saturated rings. The normalized spacial score (nSPS) is 22.8. The maximum atomic E-state index is 12.5. The Kier molecular flexibility index (Phi) is 5.91. The molecule has 1 aliphatic heterocycles. The molecule has 0 bridgehead atoms. The molecule has 1 heterocycles. The molecule has 0 spiro atoms. The minimum atomic E-state index is -0.353. The predicted molar refractivity (Wildman–Crippen MR) is 93.8 cm³/mol. The molecule has 2 amide bonds. The Labute approximate surface area is 140 Å². The number of amides is 2. The lowest BCUT2D eigenvalue weighted by Gasteiger charge is -2.39. The predicted octanol–water partition coefficient (Wildman–Crippen LogP) is 4.51. The molecule has 1 aromatic rings. The number of urea groups is 1. The van der Waals surface area contributed by atoms with Gasteiger partial charge in [0.25, 0.3) is 0 Å². The molecule has 1 aromatic carbocycles. The van der Waals surface area contributed by atoms with E-state index < -0.39 is 0 Å². The van der Waals surface area contributed by atoms with Crippen molar-refractivity contribution < 1.29 is 9.53 Å². The number of carbonyl (C=O) groups is 1. The lowest BCUT2D eigenvalue weighted by molar-refractivity contribution is 0.104. The van der Waals surface area contributed by atoms with Crippen LogP contribution in [0.4, 0.5) is 4.79 Å². The molecule has 2 rings (SSSR count). The summed E-state index contributed by atoms with van der Waals surface area (Å²) in [6.45, 7) is 10.4. The molecule has 4 nitrogen and oxygen atoms in total. The van der Waals surface area contributed by atoms with E-state index in [-0.39, 0.29) is 24.3 Å². The van der Waals surface area contributed by atoms with Crippen LogP contribution in [0.1, 0.15) is 65.4 Å². The molecule has 1 aliphatic rings. The maximum Gasteiger partial charge on any atom is 0.320 e. The number of rotatable bonds is 4. The van der Waals surface area contributed by atoms with Gasteiger partial charge in [0.1, 0.15) is 5.75 Å². The first-order valence-corrected chi connectivity index (χ1v) is 8.74. The van der Waals surface area contributed by atoms with Crippen molar-refractivity contribution in [3.05, 3.63) is 29.8 Å². The summed E-state index contributed by atoms with van der Waals surface area (Å²) in [7, 11) is 0. The second-order valence-electron chi connectivity index (χ2n) is 6.97. The monoisotopic (exact) mass is 318 g/mol. The van der Waals surface area contributed by atoms with Gasteiger partial charge in [0, 0.05) is 12.1 Å². The van der Waals surface area contributed by atoms with Crippen molar-refractivity contribution >= 4 is 6.03 Å². The van der Waals surface area contributed by atoms with E-state index in [0.29, 0.717) is 5.92 Å². The fourth-order valence-corrected chi connectivity index (χ4v) is 3.23. The van der Waals surface area contributed by atoms with E-state index in [1.165, 1.54) is 12.0 Å². The molecular formula is C19H30N2O2. The Morgan fingerprint density at radius 1 is 1.13 bits per heavy atom. The largest absolute Gasteiger partial charge is 0.471 e. The minimum Gasteiger partial charge on any atom is -0.471 e. The lowest BCUT2D eigenvalue weighted by atomic mass is 9.98. The lowest BCUT2D eigenvalue weighted by Crippen LogP contribution is -2.54. The number of hydrogen-bond donors (Lipinski definition) is 1. The third-order valence-corrected chi connectivity index (χ3v) is 4.61. The zero-order valence-electron chi connectivity index (χ0n) is 15.0. The standard InChI is InChI=1S/C19H30N2O2/c1-13(2)17-9-11-18(12-10-17)23-16(5)20-19(22)21-14(3)7-6-8-15(21)4/h9-16H,6-8H2,1-5H3,(H,20,22). The fourth-order valence-electron chi connectivity index (χ4n) is 3.23.